The van der Waals surface area contributed by atoms with Crippen molar-refractivity contribution in [1.29, 1.82) is 5.26 Å². The number of nitrogens with zero attached hydrogens (tertiary/aromatic N) is 2. The Hall–Kier alpha value is -2.68. The number of hydrogen-bond donors (Lipinski definition) is 0. The molecule has 3 aliphatic carbocycles. The van der Waals surface area contributed by atoms with Gasteiger partial charge < -0.3 is 4.79 Å². The summed E-state index contributed by atoms with van der Waals surface area (Å²) in [5, 5.41) is 9.69. The van der Waals surface area contributed by atoms with E-state index in [1.54, 1.807) is 18.2 Å². The van der Waals surface area contributed by atoms with Crippen LogP contribution in [0.3, 0.4) is 0 Å². The van der Waals surface area contributed by atoms with E-state index in [9.17, 15) is 14.9 Å². The molecule has 3 rings (SSSR count). The zero-order valence-electron chi connectivity index (χ0n) is 20.4. The first kappa shape index (κ1) is 24.0. The van der Waals surface area contributed by atoms with Gasteiger partial charge in [-0.3, -0.25) is 4.79 Å². The van der Waals surface area contributed by atoms with Crippen LogP contribution < -0.4 is 0 Å². The molecule has 0 aromatic rings. The molecule has 0 amide bonds. The zero-order chi connectivity index (χ0) is 24.3. The highest BCUT2D eigenvalue weighted by Crippen LogP contribution is 2.63. The average molecular weight is 445 g/mol. The van der Waals surface area contributed by atoms with Gasteiger partial charge in [0.05, 0.1) is 17.6 Å². The molecule has 3 unspecified atom stereocenters. The minimum absolute atomic E-state index is 0.0492. The molecule has 0 heterocycles. The van der Waals surface area contributed by atoms with Crippen molar-refractivity contribution in [3.63, 3.8) is 0 Å². The van der Waals surface area contributed by atoms with Gasteiger partial charge in [0.2, 0.25) is 5.70 Å². The van der Waals surface area contributed by atoms with Crippen LogP contribution in [0, 0.1) is 51.5 Å². The quantitative estimate of drug-likeness (QED) is 0.269. The van der Waals surface area contributed by atoms with Crippen molar-refractivity contribution >= 4 is 19.6 Å². The third kappa shape index (κ3) is 3.34. The van der Waals surface area contributed by atoms with Crippen LogP contribution in [0.5, 0.6) is 0 Å². The highest BCUT2D eigenvalue weighted by atomic mass is 28.3. The maximum atomic E-state index is 13.0. The maximum Gasteiger partial charge on any atom is 0.226 e. The molecule has 4 nitrogen and oxygen atoms in total. The molecule has 32 heavy (non-hydrogen) atoms. The number of ketones is 2. The van der Waals surface area contributed by atoms with Crippen LogP contribution >= 0.6 is 0 Å². The second-order valence-corrected chi connectivity index (χ2v) is 16.8. The molecule has 0 radical (unpaired) electrons. The van der Waals surface area contributed by atoms with Crippen molar-refractivity contribution < 1.29 is 9.59 Å². The standard InChI is InChI=1S/C27H32N2O2Si/c1-24(2,3)32(8,9)13-12-27-11-10-21-25(4,5)23(31)19(29-7)16-26(21,6)22(27)14-20(30)18(15-27)17-28/h14-16,21H,10-11H2,1-6,8-9H3. The van der Waals surface area contributed by atoms with Gasteiger partial charge >= 0.3 is 0 Å². The van der Waals surface area contributed by atoms with E-state index < -0.39 is 24.3 Å². The van der Waals surface area contributed by atoms with E-state index in [1.807, 2.05) is 20.8 Å². The molecule has 0 aromatic carbocycles. The normalized spacial score (nSPS) is 31.4. The fourth-order valence-corrected chi connectivity index (χ4v) is 6.26. The second-order valence-electron chi connectivity index (χ2n) is 11.8. The van der Waals surface area contributed by atoms with Crippen LogP contribution in [-0.4, -0.2) is 19.6 Å². The summed E-state index contributed by atoms with van der Waals surface area (Å²) in [5.74, 6) is 3.07. The zero-order valence-corrected chi connectivity index (χ0v) is 21.4. The van der Waals surface area contributed by atoms with Crippen LogP contribution in [0.4, 0.5) is 0 Å². The first-order chi connectivity index (χ1) is 14.6. The Morgan fingerprint density at radius 1 is 1.19 bits per heavy atom. The first-order valence-electron chi connectivity index (χ1n) is 11.2. The van der Waals surface area contributed by atoms with Crippen molar-refractivity contribution in [1.82, 2.24) is 0 Å². The molecule has 0 N–H and O–H groups in total. The van der Waals surface area contributed by atoms with Crippen molar-refractivity contribution in [2.24, 2.45) is 22.2 Å². The van der Waals surface area contributed by atoms with E-state index in [2.05, 4.69) is 56.2 Å². The van der Waals surface area contributed by atoms with Crippen molar-refractivity contribution in [3.05, 3.63) is 46.5 Å². The summed E-state index contributed by atoms with van der Waals surface area (Å²) in [7, 11) is -1.95. The Morgan fingerprint density at radius 3 is 2.34 bits per heavy atom. The molecule has 0 spiro atoms. The Morgan fingerprint density at radius 2 is 1.81 bits per heavy atom. The second kappa shape index (κ2) is 7.16. The highest BCUT2D eigenvalue weighted by molar-refractivity contribution is 6.87. The lowest BCUT2D eigenvalue weighted by atomic mass is 9.46. The third-order valence-electron chi connectivity index (χ3n) is 8.38. The molecule has 0 aliphatic heterocycles. The summed E-state index contributed by atoms with van der Waals surface area (Å²) in [4.78, 5) is 29.4. The van der Waals surface area contributed by atoms with E-state index in [4.69, 9.17) is 6.57 Å². The summed E-state index contributed by atoms with van der Waals surface area (Å²) in [6.45, 7) is 24.6. The summed E-state index contributed by atoms with van der Waals surface area (Å²) in [6, 6.07) is 2.06. The predicted molar refractivity (Wildman–Crippen MR) is 128 cm³/mol. The molecule has 166 valence electrons. The molecule has 0 bridgehead atoms. The summed E-state index contributed by atoms with van der Waals surface area (Å²) in [6.07, 6.45) is 6.49. The lowest BCUT2D eigenvalue weighted by Crippen LogP contribution is -2.53. The summed E-state index contributed by atoms with van der Waals surface area (Å²) >= 11 is 0. The van der Waals surface area contributed by atoms with Crippen LogP contribution in [-0.2, 0) is 9.59 Å². The van der Waals surface area contributed by atoms with Crippen LogP contribution in [0.25, 0.3) is 4.85 Å². The monoisotopic (exact) mass is 444 g/mol. The first-order valence-corrected chi connectivity index (χ1v) is 14.2. The van der Waals surface area contributed by atoms with Gasteiger partial charge in [-0.15, -0.1) is 5.54 Å². The molecule has 0 saturated heterocycles. The van der Waals surface area contributed by atoms with Crippen LogP contribution in [0.1, 0.15) is 54.4 Å². The molecular weight excluding hydrogens is 412 g/mol. The smallest absolute Gasteiger partial charge is 0.226 e. The van der Waals surface area contributed by atoms with Crippen LogP contribution in [0.15, 0.2) is 35.1 Å². The fourth-order valence-electron chi connectivity index (χ4n) is 5.35. The van der Waals surface area contributed by atoms with Crippen molar-refractivity contribution in [2.75, 3.05) is 0 Å². The van der Waals surface area contributed by atoms with E-state index in [0.29, 0.717) is 6.42 Å². The van der Waals surface area contributed by atoms with Crippen molar-refractivity contribution in [3.8, 4) is 17.5 Å². The lowest BCUT2D eigenvalue weighted by molar-refractivity contribution is -0.130. The van der Waals surface area contributed by atoms with E-state index >= 15 is 0 Å². The predicted octanol–water partition coefficient (Wildman–Crippen LogP) is 5.81. The van der Waals surface area contributed by atoms with Gasteiger partial charge in [0.25, 0.3) is 0 Å². The van der Waals surface area contributed by atoms with Gasteiger partial charge in [0, 0.05) is 10.8 Å². The molecule has 1 saturated carbocycles. The third-order valence-corrected chi connectivity index (χ3v) is 12.9. The number of Topliss-reactive ketones (excluding diaryl/α,β-unsaturated/α-hetero) is 1. The maximum absolute atomic E-state index is 13.0. The van der Waals surface area contributed by atoms with Crippen LogP contribution in [0.2, 0.25) is 18.1 Å². The Bertz CT molecular complexity index is 1150. The SMILES string of the molecule is [C-]#[N+]C1=CC2(C)C3=CC(=O)C(C#N)=CC3(C#C[Si](C)(C)C(C)(C)C)CCC2C(C)(C)C1=O. The summed E-state index contributed by atoms with van der Waals surface area (Å²) < 4.78 is 0. The fraction of sp³-hybridized carbons (Fsp3) is 0.556. The van der Waals surface area contributed by atoms with E-state index in [0.717, 1.165) is 12.0 Å². The number of rotatable bonds is 0. The molecule has 3 atom stereocenters. The number of allylic oxidation sites excluding steroid dienone is 6. The average Bonchev–Trinajstić information content (AvgIpc) is 2.69. The highest BCUT2D eigenvalue weighted by Gasteiger charge is 2.59. The molecule has 1 fully saturated rings. The van der Waals surface area contributed by atoms with E-state index in [1.165, 1.54) is 0 Å². The molecule has 0 aromatic heterocycles. The van der Waals surface area contributed by atoms with Gasteiger partial charge in [0.15, 0.2) is 11.6 Å². The number of carbonyl (C=O) groups excluding carboxylic acids is 2. The minimum atomic E-state index is -1.95. The van der Waals surface area contributed by atoms with Gasteiger partial charge in [0.1, 0.15) is 14.1 Å². The van der Waals surface area contributed by atoms with Gasteiger partial charge in [-0.1, -0.05) is 66.6 Å². The van der Waals surface area contributed by atoms with E-state index in [-0.39, 0.29) is 33.8 Å². The largest absolute Gasteiger partial charge is 0.307 e. The number of hydrogen-bond acceptors (Lipinski definition) is 3. The topological polar surface area (TPSA) is 62.3 Å². The van der Waals surface area contributed by atoms with Crippen molar-refractivity contribution in [2.45, 2.75) is 72.5 Å². The van der Waals surface area contributed by atoms with Gasteiger partial charge in [-0.2, -0.15) is 5.26 Å². The molecule has 5 heteroatoms. The Kier molecular flexibility index (Phi) is 5.36. The van der Waals surface area contributed by atoms with Gasteiger partial charge in [-0.25, -0.2) is 4.85 Å². The van der Waals surface area contributed by atoms with Gasteiger partial charge in [-0.05, 0) is 41.5 Å². The minimum Gasteiger partial charge on any atom is -0.307 e. The lowest BCUT2D eigenvalue weighted by Gasteiger charge is -2.56. The molecular formula is C27H32N2O2Si. The summed E-state index contributed by atoms with van der Waals surface area (Å²) in [5.41, 5.74) is 2.59. The number of carbonyl (C=O) groups is 2. The Labute approximate surface area is 193 Å². The number of fused-ring (bicyclic) bond motifs is 3. The Balaban J connectivity index is 2.31. The molecule has 3 aliphatic rings. The number of nitriles is 1.